The Bertz CT molecular complexity index is 395. The molecule has 0 saturated heterocycles. The molecule has 4 heteroatoms. The monoisotopic (exact) mass is 345 g/mol. The first-order valence-electron chi connectivity index (χ1n) is 7.25. The van der Waals surface area contributed by atoms with Crippen LogP contribution in [-0.2, 0) is 4.74 Å². The first-order chi connectivity index (χ1) is 9.10. The van der Waals surface area contributed by atoms with Gasteiger partial charge in [0.25, 0.3) is 0 Å². The van der Waals surface area contributed by atoms with E-state index in [1.165, 1.54) is 30.6 Å². The first-order valence-corrected chi connectivity index (χ1v) is 8.92. The quantitative estimate of drug-likeness (QED) is 0.824. The molecule has 0 radical (unpaired) electrons. The average molecular weight is 346 g/mol. The van der Waals surface area contributed by atoms with Gasteiger partial charge in [0.05, 0.1) is 6.10 Å². The van der Waals surface area contributed by atoms with E-state index in [0.717, 1.165) is 16.8 Å². The maximum absolute atomic E-state index is 6.38. The van der Waals surface area contributed by atoms with Gasteiger partial charge in [-0.3, -0.25) is 0 Å². The van der Waals surface area contributed by atoms with Crippen LogP contribution < -0.4 is 5.73 Å². The second-order valence-electron chi connectivity index (χ2n) is 5.69. The van der Waals surface area contributed by atoms with Crippen LogP contribution in [0.25, 0.3) is 0 Å². The Hall–Kier alpha value is 0.1000. The SMILES string of the molecule is CCC(N)C(OC1CCCC(C)C1)c1cc(Br)cs1. The lowest BCUT2D eigenvalue weighted by atomic mass is 9.88. The highest BCUT2D eigenvalue weighted by Crippen LogP contribution is 2.35. The molecular weight excluding hydrogens is 322 g/mol. The molecule has 0 amide bonds. The summed E-state index contributed by atoms with van der Waals surface area (Å²) >= 11 is 5.26. The minimum atomic E-state index is 0.0524. The zero-order valence-electron chi connectivity index (χ0n) is 11.8. The Morgan fingerprint density at radius 3 is 2.89 bits per heavy atom. The summed E-state index contributed by atoms with van der Waals surface area (Å²) in [5, 5.41) is 2.11. The molecule has 1 aromatic heterocycles. The Morgan fingerprint density at radius 2 is 2.32 bits per heavy atom. The van der Waals surface area contributed by atoms with Gasteiger partial charge >= 0.3 is 0 Å². The zero-order chi connectivity index (χ0) is 13.8. The van der Waals surface area contributed by atoms with Gasteiger partial charge in [0.2, 0.25) is 0 Å². The second kappa shape index (κ2) is 7.21. The fraction of sp³-hybridized carbons (Fsp3) is 0.733. The Labute approximate surface area is 128 Å². The molecule has 0 bridgehead atoms. The van der Waals surface area contributed by atoms with Gasteiger partial charge in [-0.2, -0.15) is 0 Å². The molecule has 2 nitrogen and oxygen atoms in total. The van der Waals surface area contributed by atoms with E-state index in [-0.39, 0.29) is 12.1 Å². The molecule has 1 aliphatic carbocycles. The maximum Gasteiger partial charge on any atom is 0.107 e. The van der Waals surface area contributed by atoms with Crippen LogP contribution in [-0.4, -0.2) is 12.1 Å². The normalized spacial score (nSPS) is 27.2. The van der Waals surface area contributed by atoms with Crippen LogP contribution in [0.3, 0.4) is 0 Å². The van der Waals surface area contributed by atoms with E-state index in [1.54, 1.807) is 11.3 Å². The summed E-state index contributed by atoms with van der Waals surface area (Å²) in [6.07, 6.45) is 6.37. The molecule has 1 aliphatic rings. The predicted octanol–water partition coefficient (Wildman–Crippen LogP) is 4.88. The smallest absolute Gasteiger partial charge is 0.107 e. The molecule has 108 valence electrons. The van der Waals surface area contributed by atoms with Crippen molar-refractivity contribution in [3.05, 3.63) is 20.8 Å². The largest absolute Gasteiger partial charge is 0.368 e. The number of halogens is 1. The summed E-state index contributed by atoms with van der Waals surface area (Å²) in [6, 6.07) is 2.24. The standard InChI is InChI=1S/C15H24BrNOS/c1-3-13(17)15(14-8-11(16)9-19-14)18-12-6-4-5-10(2)7-12/h8-10,12-13,15H,3-7,17H2,1-2H3. The van der Waals surface area contributed by atoms with Crippen LogP contribution in [0, 0.1) is 5.92 Å². The summed E-state index contributed by atoms with van der Waals surface area (Å²) in [4.78, 5) is 1.25. The van der Waals surface area contributed by atoms with Crippen molar-refractivity contribution in [2.24, 2.45) is 11.7 Å². The number of hydrogen-bond donors (Lipinski definition) is 1. The molecule has 0 spiro atoms. The molecule has 1 heterocycles. The fourth-order valence-electron chi connectivity index (χ4n) is 2.78. The minimum absolute atomic E-state index is 0.0524. The molecule has 0 aliphatic heterocycles. The zero-order valence-corrected chi connectivity index (χ0v) is 14.2. The third-order valence-electron chi connectivity index (χ3n) is 3.96. The number of rotatable bonds is 5. The summed E-state index contributed by atoms with van der Waals surface area (Å²) < 4.78 is 7.50. The molecular formula is C15H24BrNOS. The third-order valence-corrected chi connectivity index (χ3v) is 5.71. The molecule has 2 N–H and O–H groups in total. The van der Waals surface area contributed by atoms with Crippen LogP contribution in [0.2, 0.25) is 0 Å². The summed E-state index contributed by atoms with van der Waals surface area (Å²) in [7, 11) is 0. The van der Waals surface area contributed by atoms with Crippen LogP contribution >= 0.6 is 27.3 Å². The molecule has 2 rings (SSSR count). The van der Waals surface area contributed by atoms with Crippen LogP contribution in [0.4, 0.5) is 0 Å². The second-order valence-corrected chi connectivity index (χ2v) is 7.55. The van der Waals surface area contributed by atoms with Gasteiger partial charge in [-0.25, -0.2) is 0 Å². The van der Waals surface area contributed by atoms with Gasteiger partial charge in [-0.15, -0.1) is 11.3 Å². The molecule has 4 atom stereocenters. The van der Waals surface area contributed by atoms with Gasteiger partial charge in [-0.05, 0) is 47.2 Å². The lowest BCUT2D eigenvalue weighted by molar-refractivity contribution is -0.0502. The number of hydrogen-bond acceptors (Lipinski definition) is 3. The van der Waals surface area contributed by atoms with Gasteiger partial charge in [0.1, 0.15) is 6.10 Å². The van der Waals surface area contributed by atoms with Gasteiger partial charge in [0, 0.05) is 20.8 Å². The highest BCUT2D eigenvalue weighted by molar-refractivity contribution is 9.10. The Balaban J connectivity index is 2.05. The van der Waals surface area contributed by atoms with E-state index in [0.29, 0.717) is 6.10 Å². The Morgan fingerprint density at radius 1 is 1.53 bits per heavy atom. The highest BCUT2D eigenvalue weighted by atomic mass is 79.9. The van der Waals surface area contributed by atoms with Crippen LogP contribution in [0.5, 0.6) is 0 Å². The van der Waals surface area contributed by atoms with Gasteiger partial charge in [0.15, 0.2) is 0 Å². The maximum atomic E-state index is 6.38. The fourth-order valence-corrected chi connectivity index (χ4v) is 4.33. The van der Waals surface area contributed by atoms with Crippen molar-refractivity contribution in [3.8, 4) is 0 Å². The van der Waals surface area contributed by atoms with Crippen LogP contribution in [0.15, 0.2) is 15.9 Å². The van der Waals surface area contributed by atoms with Gasteiger partial charge < -0.3 is 10.5 Å². The molecule has 0 aromatic carbocycles. The summed E-state index contributed by atoms with van der Waals surface area (Å²) in [6.45, 7) is 4.46. The number of nitrogens with two attached hydrogens (primary N) is 1. The average Bonchev–Trinajstić information content (AvgIpc) is 2.81. The van der Waals surface area contributed by atoms with E-state index in [4.69, 9.17) is 10.5 Å². The number of ether oxygens (including phenoxy) is 1. The Kier molecular flexibility index (Phi) is 5.87. The summed E-state index contributed by atoms with van der Waals surface area (Å²) in [5.41, 5.74) is 6.28. The van der Waals surface area contributed by atoms with Crippen molar-refractivity contribution < 1.29 is 4.74 Å². The van der Waals surface area contributed by atoms with Crippen molar-refractivity contribution in [2.45, 2.75) is 64.2 Å². The lowest BCUT2D eigenvalue weighted by Gasteiger charge is -2.32. The predicted molar refractivity (Wildman–Crippen MR) is 85.5 cm³/mol. The first kappa shape index (κ1) is 15.5. The van der Waals surface area contributed by atoms with Gasteiger partial charge in [-0.1, -0.05) is 26.7 Å². The minimum Gasteiger partial charge on any atom is -0.368 e. The van der Waals surface area contributed by atoms with E-state index in [2.05, 4.69) is 41.2 Å². The van der Waals surface area contributed by atoms with Crippen LogP contribution in [0.1, 0.15) is 56.9 Å². The third kappa shape index (κ3) is 4.28. The van der Waals surface area contributed by atoms with E-state index in [1.807, 2.05) is 0 Å². The summed E-state index contributed by atoms with van der Waals surface area (Å²) in [5.74, 6) is 0.785. The molecule has 1 aromatic rings. The van der Waals surface area contributed by atoms with E-state index < -0.39 is 0 Å². The molecule has 1 fully saturated rings. The lowest BCUT2D eigenvalue weighted by Crippen LogP contribution is -2.33. The van der Waals surface area contributed by atoms with E-state index in [9.17, 15) is 0 Å². The molecule has 1 saturated carbocycles. The molecule has 4 unspecified atom stereocenters. The van der Waals surface area contributed by atoms with E-state index >= 15 is 0 Å². The van der Waals surface area contributed by atoms with Crippen molar-refractivity contribution >= 4 is 27.3 Å². The van der Waals surface area contributed by atoms with Crippen molar-refractivity contribution in [2.75, 3.05) is 0 Å². The topological polar surface area (TPSA) is 35.2 Å². The van der Waals surface area contributed by atoms with Crippen molar-refractivity contribution in [1.82, 2.24) is 0 Å². The molecule has 19 heavy (non-hydrogen) atoms. The van der Waals surface area contributed by atoms with Crippen molar-refractivity contribution in [1.29, 1.82) is 0 Å². The van der Waals surface area contributed by atoms with Crippen molar-refractivity contribution in [3.63, 3.8) is 0 Å². The number of thiophene rings is 1. The highest BCUT2D eigenvalue weighted by Gasteiger charge is 2.27.